The number of benzene rings is 2. The molecule has 0 saturated heterocycles. The molecule has 0 spiro atoms. The second-order valence-electron chi connectivity index (χ2n) is 6.65. The van der Waals surface area contributed by atoms with Crippen LogP contribution >= 0.6 is 11.6 Å². The standard InChI is InChI=1S/C22H14ClN5O2/c1-28-8-7-17-21(28)22(26-12-25-17)27-13-5-6-20(16(23)9-13)30-19-4-2-3-18-15(19)10-14(11-24)29-18/h2-10,12H,1H3,(H,25,26,27). The molecule has 0 aliphatic carbocycles. The van der Waals surface area contributed by atoms with Gasteiger partial charge in [-0.25, -0.2) is 9.97 Å². The zero-order valence-electron chi connectivity index (χ0n) is 15.8. The summed E-state index contributed by atoms with van der Waals surface area (Å²) in [6, 6.07) is 16.4. The summed E-state index contributed by atoms with van der Waals surface area (Å²) in [6.07, 6.45) is 3.45. The minimum atomic E-state index is 0.225. The third-order valence-electron chi connectivity index (χ3n) is 4.71. The van der Waals surface area contributed by atoms with Gasteiger partial charge < -0.3 is 19.0 Å². The summed E-state index contributed by atoms with van der Waals surface area (Å²) < 4.78 is 13.4. The zero-order chi connectivity index (χ0) is 20.7. The van der Waals surface area contributed by atoms with Gasteiger partial charge in [-0.15, -0.1) is 0 Å². The summed E-state index contributed by atoms with van der Waals surface area (Å²) in [5.74, 6) is 1.95. The third-order valence-corrected chi connectivity index (χ3v) is 5.00. The molecule has 146 valence electrons. The first-order valence-electron chi connectivity index (χ1n) is 9.05. The van der Waals surface area contributed by atoms with E-state index in [1.165, 1.54) is 6.33 Å². The lowest BCUT2D eigenvalue weighted by molar-refractivity contribution is 0.488. The first-order valence-corrected chi connectivity index (χ1v) is 9.43. The van der Waals surface area contributed by atoms with Gasteiger partial charge in [0.25, 0.3) is 0 Å². The number of nitrogens with one attached hydrogen (secondary N) is 1. The molecule has 0 aliphatic heterocycles. The Bertz CT molecular complexity index is 1450. The summed E-state index contributed by atoms with van der Waals surface area (Å²) in [5.41, 5.74) is 3.09. The molecule has 7 nitrogen and oxygen atoms in total. The Kier molecular flexibility index (Phi) is 4.27. The van der Waals surface area contributed by atoms with Crippen LogP contribution in [0.3, 0.4) is 0 Å². The van der Waals surface area contributed by atoms with Gasteiger partial charge in [0.2, 0.25) is 5.76 Å². The van der Waals surface area contributed by atoms with Gasteiger partial charge >= 0.3 is 0 Å². The molecule has 8 heteroatoms. The van der Waals surface area contributed by atoms with Gasteiger partial charge in [0.15, 0.2) is 5.82 Å². The number of nitriles is 1. The number of halogens is 1. The van der Waals surface area contributed by atoms with Crippen molar-refractivity contribution in [2.24, 2.45) is 7.05 Å². The van der Waals surface area contributed by atoms with E-state index in [1.807, 2.05) is 36.0 Å². The van der Waals surface area contributed by atoms with Crippen LogP contribution in [0.5, 0.6) is 11.5 Å². The highest BCUT2D eigenvalue weighted by Crippen LogP contribution is 2.37. The number of hydrogen-bond donors (Lipinski definition) is 1. The van der Waals surface area contributed by atoms with E-state index in [2.05, 4.69) is 15.3 Å². The van der Waals surface area contributed by atoms with Crippen LogP contribution in [0.2, 0.25) is 5.02 Å². The van der Waals surface area contributed by atoms with Crippen molar-refractivity contribution >= 4 is 45.1 Å². The fourth-order valence-corrected chi connectivity index (χ4v) is 3.52. The monoisotopic (exact) mass is 415 g/mol. The smallest absolute Gasteiger partial charge is 0.204 e. The topological polar surface area (TPSA) is 88.9 Å². The summed E-state index contributed by atoms with van der Waals surface area (Å²) >= 11 is 6.48. The highest BCUT2D eigenvalue weighted by molar-refractivity contribution is 6.32. The minimum absolute atomic E-state index is 0.225. The van der Waals surface area contributed by atoms with E-state index in [1.54, 1.807) is 36.4 Å². The van der Waals surface area contributed by atoms with E-state index >= 15 is 0 Å². The maximum Gasteiger partial charge on any atom is 0.204 e. The highest BCUT2D eigenvalue weighted by Gasteiger charge is 2.13. The van der Waals surface area contributed by atoms with Crippen molar-refractivity contribution in [1.82, 2.24) is 14.5 Å². The van der Waals surface area contributed by atoms with Gasteiger partial charge in [-0.05, 0) is 36.4 Å². The van der Waals surface area contributed by atoms with E-state index in [4.69, 9.17) is 26.0 Å². The van der Waals surface area contributed by atoms with Gasteiger partial charge in [-0.1, -0.05) is 17.7 Å². The SMILES string of the molecule is Cn1ccc2ncnc(Nc3ccc(Oc4cccc5oc(C#N)cc45)c(Cl)c3)c21. The Balaban J connectivity index is 1.45. The average molecular weight is 416 g/mol. The lowest BCUT2D eigenvalue weighted by Crippen LogP contribution is -1.98. The Morgan fingerprint density at radius 3 is 2.87 bits per heavy atom. The number of hydrogen-bond acceptors (Lipinski definition) is 6. The molecule has 1 N–H and O–H groups in total. The first-order chi connectivity index (χ1) is 14.6. The molecular weight excluding hydrogens is 402 g/mol. The molecule has 5 rings (SSSR count). The van der Waals surface area contributed by atoms with Crippen molar-refractivity contribution in [1.29, 1.82) is 5.26 Å². The van der Waals surface area contributed by atoms with Gasteiger partial charge in [0.05, 0.1) is 15.9 Å². The van der Waals surface area contributed by atoms with Crippen LogP contribution in [0.25, 0.3) is 22.0 Å². The Labute approximate surface area is 176 Å². The van der Waals surface area contributed by atoms with Gasteiger partial charge in [-0.2, -0.15) is 5.26 Å². The molecular formula is C22H14ClN5O2. The zero-order valence-corrected chi connectivity index (χ0v) is 16.5. The second kappa shape index (κ2) is 7.10. The van der Waals surface area contributed by atoms with Crippen LogP contribution in [0.15, 0.2) is 65.5 Å². The number of ether oxygens (including phenoxy) is 1. The van der Waals surface area contributed by atoms with E-state index in [9.17, 15) is 0 Å². The molecule has 3 aromatic heterocycles. The van der Waals surface area contributed by atoms with Crippen molar-refractivity contribution in [3.63, 3.8) is 0 Å². The lowest BCUT2D eigenvalue weighted by Gasteiger charge is -2.12. The highest BCUT2D eigenvalue weighted by atomic mass is 35.5. The largest absolute Gasteiger partial charge is 0.455 e. The maximum atomic E-state index is 9.06. The Morgan fingerprint density at radius 1 is 1.13 bits per heavy atom. The summed E-state index contributed by atoms with van der Waals surface area (Å²) in [7, 11) is 1.94. The van der Waals surface area contributed by atoms with Gasteiger partial charge in [0, 0.05) is 25.0 Å². The molecule has 30 heavy (non-hydrogen) atoms. The van der Waals surface area contributed by atoms with Crippen LogP contribution in [-0.4, -0.2) is 14.5 Å². The number of nitrogens with zero attached hydrogens (tertiary/aromatic N) is 4. The molecule has 0 radical (unpaired) electrons. The van der Waals surface area contributed by atoms with Crippen molar-refractivity contribution < 1.29 is 9.15 Å². The minimum Gasteiger partial charge on any atom is -0.455 e. The quantitative estimate of drug-likeness (QED) is 0.400. The number of aryl methyl sites for hydroxylation is 1. The van der Waals surface area contributed by atoms with E-state index < -0.39 is 0 Å². The maximum absolute atomic E-state index is 9.06. The van der Waals surface area contributed by atoms with Crippen LogP contribution in [0, 0.1) is 11.3 Å². The van der Waals surface area contributed by atoms with E-state index in [0.29, 0.717) is 33.3 Å². The summed E-state index contributed by atoms with van der Waals surface area (Å²) in [6.45, 7) is 0. The first kappa shape index (κ1) is 18.0. The van der Waals surface area contributed by atoms with E-state index in [-0.39, 0.29) is 5.76 Å². The molecule has 0 atom stereocenters. The molecule has 0 saturated carbocycles. The molecule has 0 bridgehead atoms. The molecule has 3 heterocycles. The number of aromatic nitrogens is 3. The second-order valence-corrected chi connectivity index (χ2v) is 7.05. The molecule has 5 aromatic rings. The molecule has 2 aromatic carbocycles. The van der Waals surface area contributed by atoms with Gasteiger partial charge in [-0.3, -0.25) is 0 Å². The Hall–Kier alpha value is -4.02. The van der Waals surface area contributed by atoms with Crippen LogP contribution in [0.1, 0.15) is 5.76 Å². The molecule has 0 aliphatic rings. The molecule has 0 amide bonds. The fraction of sp³-hybridized carbons (Fsp3) is 0.0455. The average Bonchev–Trinajstić information content (AvgIpc) is 3.35. The third kappa shape index (κ3) is 3.09. The lowest BCUT2D eigenvalue weighted by atomic mass is 10.2. The molecule has 0 unspecified atom stereocenters. The van der Waals surface area contributed by atoms with Crippen LogP contribution in [-0.2, 0) is 7.05 Å². The fourth-order valence-electron chi connectivity index (χ4n) is 3.31. The normalized spacial score (nSPS) is 11.0. The van der Waals surface area contributed by atoms with Crippen LogP contribution in [0.4, 0.5) is 11.5 Å². The van der Waals surface area contributed by atoms with Crippen LogP contribution < -0.4 is 10.1 Å². The van der Waals surface area contributed by atoms with Gasteiger partial charge in [0.1, 0.15) is 35.0 Å². The number of furan rings is 1. The van der Waals surface area contributed by atoms with E-state index in [0.717, 1.165) is 16.7 Å². The van der Waals surface area contributed by atoms with Crippen molar-refractivity contribution in [2.45, 2.75) is 0 Å². The van der Waals surface area contributed by atoms with Crippen molar-refractivity contribution in [2.75, 3.05) is 5.32 Å². The molecule has 0 fully saturated rings. The predicted octanol–water partition coefficient (Wildman–Crippen LogP) is 5.78. The number of fused-ring (bicyclic) bond motifs is 2. The Morgan fingerprint density at radius 2 is 2.03 bits per heavy atom. The number of rotatable bonds is 4. The summed E-state index contributed by atoms with van der Waals surface area (Å²) in [4.78, 5) is 8.62. The van der Waals surface area contributed by atoms with Crippen molar-refractivity contribution in [3.8, 4) is 17.6 Å². The van der Waals surface area contributed by atoms with Crippen molar-refractivity contribution in [3.05, 3.63) is 71.8 Å². The summed E-state index contributed by atoms with van der Waals surface area (Å²) in [5, 5.41) is 13.5. The predicted molar refractivity (Wildman–Crippen MR) is 114 cm³/mol. The number of anilines is 2.